The molecule has 1 amide bonds. The van der Waals surface area contributed by atoms with Crippen LogP contribution >= 0.6 is 11.3 Å². The molecule has 0 spiro atoms. The Morgan fingerprint density at radius 3 is 2.54 bits per heavy atom. The van der Waals surface area contributed by atoms with E-state index in [1.54, 1.807) is 29.4 Å². The molecule has 0 unspecified atom stereocenters. The van der Waals surface area contributed by atoms with Gasteiger partial charge in [-0.25, -0.2) is 8.42 Å². The number of benzene rings is 1. The zero-order chi connectivity index (χ0) is 18.6. The summed E-state index contributed by atoms with van der Waals surface area (Å²) < 4.78 is 27.7. The molecule has 1 saturated heterocycles. The summed E-state index contributed by atoms with van der Waals surface area (Å²) in [5, 5.41) is 4.75. The molecule has 1 aromatic carbocycles. The van der Waals surface area contributed by atoms with Crippen LogP contribution in [0.3, 0.4) is 0 Å². The van der Waals surface area contributed by atoms with Gasteiger partial charge in [0, 0.05) is 23.7 Å². The molecule has 7 heteroatoms. The second-order valence-electron chi connectivity index (χ2n) is 6.60. The predicted molar refractivity (Wildman–Crippen MR) is 105 cm³/mol. The molecule has 1 aliphatic heterocycles. The van der Waals surface area contributed by atoms with Crippen molar-refractivity contribution in [2.45, 2.75) is 43.9 Å². The van der Waals surface area contributed by atoms with Crippen molar-refractivity contribution in [3.63, 3.8) is 0 Å². The van der Waals surface area contributed by atoms with Crippen molar-refractivity contribution >= 4 is 33.0 Å². The van der Waals surface area contributed by atoms with E-state index in [0.29, 0.717) is 30.8 Å². The Labute approximate surface area is 159 Å². The second kappa shape index (κ2) is 8.33. The van der Waals surface area contributed by atoms with Gasteiger partial charge >= 0.3 is 0 Å². The number of anilines is 1. The standard InChI is InChI=1S/C19H24N2O3S2/c1-15-8-9-16(20-19(22)14-17-7-6-12-25-17)13-18(15)26(23,24)21-10-4-2-3-5-11-21/h6-9,12-13H,2-5,10-11,14H2,1H3,(H,20,22). The first-order valence-electron chi connectivity index (χ1n) is 8.90. The number of thiophene rings is 1. The van der Waals surface area contributed by atoms with E-state index in [9.17, 15) is 13.2 Å². The van der Waals surface area contributed by atoms with Gasteiger partial charge in [0.05, 0.1) is 11.3 Å². The number of carbonyl (C=O) groups is 1. The fourth-order valence-corrected chi connectivity index (χ4v) is 5.62. The number of carbonyl (C=O) groups excluding carboxylic acids is 1. The molecule has 0 saturated carbocycles. The molecule has 1 N–H and O–H groups in total. The van der Waals surface area contributed by atoms with Crippen LogP contribution in [0.4, 0.5) is 5.69 Å². The molecule has 0 aliphatic carbocycles. The number of sulfonamides is 1. The van der Waals surface area contributed by atoms with E-state index in [0.717, 1.165) is 30.6 Å². The molecule has 1 aromatic heterocycles. The van der Waals surface area contributed by atoms with Gasteiger partial charge in [0.25, 0.3) is 0 Å². The third-order valence-electron chi connectivity index (χ3n) is 4.57. The number of amides is 1. The highest BCUT2D eigenvalue weighted by atomic mass is 32.2. The van der Waals surface area contributed by atoms with Gasteiger partial charge in [-0.2, -0.15) is 4.31 Å². The number of rotatable bonds is 5. The topological polar surface area (TPSA) is 66.5 Å². The molecule has 1 fully saturated rings. The lowest BCUT2D eigenvalue weighted by atomic mass is 10.2. The van der Waals surface area contributed by atoms with Crippen molar-refractivity contribution in [2.24, 2.45) is 0 Å². The lowest BCUT2D eigenvalue weighted by Crippen LogP contribution is -2.32. The average Bonchev–Trinajstić information content (AvgIpc) is 2.94. The quantitative estimate of drug-likeness (QED) is 0.842. The Morgan fingerprint density at radius 1 is 1.15 bits per heavy atom. The largest absolute Gasteiger partial charge is 0.326 e. The normalized spacial score (nSPS) is 16.2. The first kappa shape index (κ1) is 19.1. The third kappa shape index (κ3) is 4.52. The monoisotopic (exact) mass is 392 g/mol. The molecule has 2 heterocycles. The average molecular weight is 393 g/mol. The first-order chi connectivity index (χ1) is 12.5. The summed E-state index contributed by atoms with van der Waals surface area (Å²) in [5.74, 6) is -0.144. The minimum Gasteiger partial charge on any atom is -0.326 e. The van der Waals surface area contributed by atoms with Crippen LogP contribution in [0.25, 0.3) is 0 Å². The molecule has 3 rings (SSSR count). The van der Waals surface area contributed by atoms with Crippen molar-refractivity contribution in [1.29, 1.82) is 0 Å². The van der Waals surface area contributed by atoms with Crippen molar-refractivity contribution < 1.29 is 13.2 Å². The SMILES string of the molecule is Cc1ccc(NC(=O)Cc2cccs2)cc1S(=O)(=O)N1CCCCCC1. The first-order valence-corrected chi connectivity index (χ1v) is 11.2. The minimum atomic E-state index is -3.54. The van der Waals surface area contributed by atoms with Crippen LogP contribution in [0.1, 0.15) is 36.1 Å². The van der Waals surface area contributed by atoms with Gasteiger partial charge in [0.2, 0.25) is 15.9 Å². The van der Waals surface area contributed by atoms with Crippen LogP contribution in [0.2, 0.25) is 0 Å². The second-order valence-corrected chi connectivity index (χ2v) is 9.54. The van der Waals surface area contributed by atoms with E-state index < -0.39 is 10.0 Å². The van der Waals surface area contributed by atoms with Crippen molar-refractivity contribution in [1.82, 2.24) is 4.31 Å². The smallest absolute Gasteiger partial charge is 0.243 e. The van der Waals surface area contributed by atoms with Crippen LogP contribution in [0, 0.1) is 6.92 Å². The van der Waals surface area contributed by atoms with E-state index in [1.165, 1.54) is 11.3 Å². The Bertz CT molecular complexity index is 853. The van der Waals surface area contributed by atoms with Crippen LogP contribution in [-0.2, 0) is 21.2 Å². The summed E-state index contributed by atoms with van der Waals surface area (Å²) in [7, 11) is -3.54. The summed E-state index contributed by atoms with van der Waals surface area (Å²) in [6, 6.07) is 8.91. The Kier molecular flexibility index (Phi) is 6.11. The molecule has 2 aromatic rings. The molecule has 1 aliphatic rings. The molecule has 0 bridgehead atoms. The summed E-state index contributed by atoms with van der Waals surface area (Å²) in [6.45, 7) is 2.93. The molecule has 0 atom stereocenters. The highest BCUT2D eigenvalue weighted by molar-refractivity contribution is 7.89. The molecule has 5 nitrogen and oxygen atoms in total. The van der Waals surface area contributed by atoms with Gasteiger partial charge in [0.15, 0.2) is 0 Å². The van der Waals surface area contributed by atoms with Gasteiger partial charge in [-0.1, -0.05) is 25.0 Å². The van der Waals surface area contributed by atoms with E-state index in [1.807, 2.05) is 17.5 Å². The van der Waals surface area contributed by atoms with Gasteiger partial charge in [-0.15, -0.1) is 11.3 Å². The van der Waals surface area contributed by atoms with Crippen LogP contribution in [0.15, 0.2) is 40.6 Å². The number of nitrogens with one attached hydrogen (secondary N) is 1. The van der Waals surface area contributed by atoms with Crippen molar-refractivity contribution in [3.8, 4) is 0 Å². The Morgan fingerprint density at radius 2 is 1.88 bits per heavy atom. The zero-order valence-electron chi connectivity index (χ0n) is 14.9. The van der Waals surface area contributed by atoms with E-state index in [2.05, 4.69) is 5.32 Å². The van der Waals surface area contributed by atoms with E-state index in [-0.39, 0.29) is 10.8 Å². The summed E-state index contributed by atoms with van der Waals surface area (Å²) in [6.07, 6.45) is 4.23. The van der Waals surface area contributed by atoms with Crippen LogP contribution < -0.4 is 5.32 Å². The summed E-state index contributed by atoms with van der Waals surface area (Å²) in [4.78, 5) is 13.5. The number of aryl methyl sites for hydroxylation is 1. The van der Waals surface area contributed by atoms with E-state index >= 15 is 0 Å². The molecule has 140 valence electrons. The molecular weight excluding hydrogens is 368 g/mol. The number of nitrogens with zero attached hydrogens (tertiary/aromatic N) is 1. The molecule has 26 heavy (non-hydrogen) atoms. The van der Waals surface area contributed by atoms with Crippen LogP contribution in [-0.4, -0.2) is 31.7 Å². The predicted octanol–water partition coefficient (Wildman–Crippen LogP) is 3.80. The lowest BCUT2D eigenvalue weighted by Gasteiger charge is -2.21. The minimum absolute atomic E-state index is 0.144. The maximum absolute atomic E-state index is 13.1. The fraction of sp³-hybridized carbons (Fsp3) is 0.421. The van der Waals surface area contributed by atoms with E-state index in [4.69, 9.17) is 0 Å². The van der Waals surface area contributed by atoms with Crippen LogP contribution in [0.5, 0.6) is 0 Å². The third-order valence-corrected chi connectivity index (χ3v) is 7.49. The van der Waals surface area contributed by atoms with Gasteiger partial charge in [-0.05, 0) is 48.9 Å². The number of hydrogen-bond donors (Lipinski definition) is 1. The van der Waals surface area contributed by atoms with Gasteiger partial charge < -0.3 is 5.32 Å². The van der Waals surface area contributed by atoms with Gasteiger partial charge in [-0.3, -0.25) is 4.79 Å². The highest BCUT2D eigenvalue weighted by Crippen LogP contribution is 2.26. The highest BCUT2D eigenvalue weighted by Gasteiger charge is 2.27. The summed E-state index contributed by atoms with van der Waals surface area (Å²) in [5.41, 5.74) is 1.22. The number of hydrogen-bond acceptors (Lipinski definition) is 4. The molecular formula is C19H24N2O3S2. The Balaban J connectivity index is 1.79. The molecule has 0 radical (unpaired) electrons. The fourth-order valence-electron chi connectivity index (χ4n) is 3.15. The maximum atomic E-state index is 13.1. The summed E-state index contributed by atoms with van der Waals surface area (Å²) >= 11 is 1.53. The Hall–Kier alpha value is -1.70. The van der Waals surface area contributed by atoms with Gasteiger partial charge in [0.1, 0.15) is 0 Å². The lowest BCUT2D eigenvalue weighted by molar-refractivity contribution is -0.115. The maximum Gasteiger partial charge on any atom is 0.243 e. The zero-order valence-corrected chi connectivity index (χ0v) is 16.5. The van der Waals surface area contributed by atoms with Crippen molar-refractivity contribution in [3.05, 3.63) is 46.2 Å². The van der Waals surface area contributed by atoms with Crippen molar-refractivity contribution in [2.75, 3.05) is 18.4 Å².